The molecule has 2 aromatic rings. The van der Waals surface area contributed by atoms with Gasteiger partial charge in [0.1, 0.15) is 11.9 Å². The van der Waals surface area contributed by atoms with Crippen LogP contribution in [-0.4, -0.2) is 36.9 Å². The van der Waals surface area contributed by atoms with E-state index in [4.69, 9.17) is 4.74 Å². The number of nitrogens with zero attached hydrogens (tertiary/aromatic N) is 2. The fourth-order valence-electron chi connectivity index (χ4n) is 2.87. The van der Waals surface area contributed by atoms with Gasteiger partial charge in [0.25, 0.3) is 0 Å². The van der Waals surface area contributed by atoms with Crippen LogP contribution >= 0.6 is 0 Å². The van der Waals surface area contributed by atoms with E-state index in [0.29, 0.717) is 18.6 Å². The van der Waals surface area contributed by atoms with E-state index in [1.165, 1.54) is 4.31 Å². The van der Waals surface area contributed by atoms with Crippen LogP contribution in [0.3, 0.4) is 0 Å². The molecule has 1 saturated heterocycles. The molecule has 0 amide bonds. The van der Waals surface area contributed by atoms with Crippen LogP contribution in [0.4, 0.5) is 13.2 Å². The number of alkyl halides is 3. The summed E-state index contributed by atoms with van der Waals surface area (Å²) in [5.41, 5.74) is 0.0000646. The average molecular weight is 400 g/mol. The Kier molecular flexibility index (Phi) is 5.43. The maximum absolute atomic E-state index is 12.6. The van der Waals surface area contributed by atoms with Crippen LogP contribution in [0.15, 0.2) is 47.5 Å². The minimum atomic E-state index is -4.50. The third kappa shape index (κ3) is 4.59. The SMILES string of the molecule is Cc1ccc(OC2CCN(S(=O)(=O)c3ccc(C(F)(F)F)cc3)CC2)cn1. The predicted octanol–water partition coefficient (Wildman–Crippen LogP) is 3.64. The van der Waals surface area contributed by atoms with Gasteiger partial charge in [-0.3, -0.25) is 4.98 Å². The number of rotatable bonds is 4. The van der Waals surface area contributed by atoms with Crippen LogP contribution < -0.4 is 4.74 Å². The second-order valence-corrected chi connectivity index (χ2v) is 8.32. The molecule has 1 aliphatic heterocycles. The Labute approximate surface area is 155 Å². The Morgan fingerprint density at radius 2 is 1.70 bits per heavy atom. The molecule has 0 radical (unpaired) electrons. The van der Waals surface area contributed by atoms with Crippen LogP contribution in [0.25, 0.3) is 0 Å². The number of halogens is 3. The Balaban J connectivity index is 1.63. The van der Waals surface area contributed by atoms with Gasteiger partial charge in [-0.25, -0.2) is 8.42 Å². The molecule has 0 bridgehead atoms. The molecule has 1 aromatic carbocycles. The zero-order valence-corrected chi connectivity index (χ0v) is 15.4. The van der Waals surface area contributed by atoms with Crippen LogP contribution in [0, 0.1) is 6.92 Å². The number of hydrogen-bond acceptors (Lipinski definition) is 4. The summed E-state index contributed by atoms with van der Waals surface area (Å²) in [5, 5.41) is 0. The number of hydrogen-bond donors (Lipinski definition) is 0. The quantitative estimate of drug-likeness (QED) is 0.786. The molecule has 0 saturated carbocycles. The second-order valence-electron chi connectivity index (χ2n) is 6.38. The summed E-state index contributed by atoms with van der Waals surface area (Å²) in [6.45, 7) is 2.36. The Bertz CT molecular complexity index is 874. The van der Waals surface area contributed by atoms with Crippen molar-refractivity contribution in [2.75, 3.05) is 13.1 Å². The number of aromatic nitrogens is 1. The summed E-state index contributed by atoms with van der Waals surface area (Å²) in [6.07, 6.45) is -2.01. The highest BCUT2D eigenvalue weighted by Crippen LogP contribution is 2.30. The molecule has 0 aliphatic carbocycles. The molecule has 1 fully saturated rings. The van der Waals surface area contributed by atoms with Crippen LogP contribution in [-0.2, 0) is 16.2 Å². The molecule has 0 spiro atoms. The number of ether oxygens (including phenoxy) is 1. The zero-order valence-electron chi connectivity index (χ0n) is 14.6. The molecule has 27 heavy (non-hydrogen) atoms. The first-order valence-corrected chi connectivity index (χ1v) is 9.87. The summed E-state index contributed by atoms with van der Waals surface area (Å²) in [4.78, 5) is 4.01. The number of sulfonamides is 1. The van der Waals surface area contributed by atoms with Crippen molar-refractivity contribution < 1.29 is 26.3 Å². The van der Waals surface area contributed by atoms with Gasteiger partial charge in [-0.05, 0) is 56.2 Å². The van der Waals surface area contributed by atoms with Crippen LogP contribution in [0.1, 0.15) is 24.1 Å². The molecule has 2 heterocycles. The van der Waals surface area contributed by atoms with Crippen molar-refractivity contribution >= 4 is 10.0 Å². The van der Waals surface area contributed by atoms with Gasteiger partial charge in [-0.2, -0.15) is 17.5 Å². The van der Waals surface area contributed by atoms with Crippen molar-refractivity contribution in [1.29, 1.82) is 0 Å². The molecule has 3 rings (SSSR count). The Morgan fingerprint density at radius 3 is 2.22 bits per heavy atom. The summed E-state index contributed by atoms with van der Waals surface area (Å²) >= 11 is 0. The lowest BCUT2D eigenvalue weighted by Gasteiger charge is -2.31. The smallest absolute Gasteiger partial charge is 0.416 e. The number of aryl methyl sites for hydroxylation is 1. The molecule has 1 aromatic heterocycles. The lowest BCUT2D eigenvalue weighted by Crippen LogP contribution is -2.41. The van der Waals surface area contributed by atoms with E-state index >= 15 is 0 Å². The third-order valence-corrected chi connectivity index (χ3v) is 6.32. The monoisotopic (exact) mass is 400 g/mol. The van der Waals surface area contributed by atoms with E-state index in [9.17, 15) is 21.6 Å². The molecule has 146 valence electrons. The van der Waals surface area contributed by atoms with Crippen LogP contribution in [0.5, 0.6) is 5.75 Å². The van der Waals surface area contributed by atoms with Gasteiger partial charge in [-0.1, -0.05) is 0 Å². The van der Waals surface area contributed by atoms with Crippen molar-refractivity contribution in [2.24, 2.45) is 0 Å². The van der Waals surface area contributed by atoms with Crippen molar-refractivity contribution in [3.63, 3.8) is 0 Å². The summed E-state index contributed by atoms with van der Waals surface area (Å²) in [6, 6.07) is 7.21. The summed E-state index contributed by atoms with van der Waals surface area (Å²) in [5.74, 6) is 0.629. The first kappa shape index (κ1) is 19.6. The highest BCUT2D eigenvalue weighted by molar-refractivity contribution is 7.89. The van der Waals surface area contributed by atoms with E-state index < -0.39 is 21.8 Å². The highest BCUT2D eigenvalue weighted by atomic mass is 32.2. The minimum absolute atomic E-state index is 0.131. The van der Waals surface area contributed by atoms with Gasteiger partial charge in [0.2, 0.25) is 10.0 Å². The molecule has 0 atom stereocenters. The molecule has 0 N–H and O–H groups in total. The number of benzene rings is 1. The van der Waals surface area contributed by atoms with E-state index in [2.05, 4.69) is 4.98 Å². The maximum Gasteiger partial charge on any atom is 0.416 e. The van der Waals surface area contributed by atoms with Gasteiger partial charge in [-0.15, -0.1) is 0 Å². The standard InChI is InChI=1S/C18H19F3N2O3S/c1-13-2-5-16(12-22-13)26-15-8-10-23(11-9-15)27(24,25)17-6-3-14(4-7-17)18(19,20)21/h2-7,12,15H,8-11H2,1H3. The van der Waals surface area contributed by atoms with Gasteiger partial charge in [0.15, 0.2) is 0 Å². The van der Waals surface area contributed by atoms with Gasteiger partial charge in [0.05, 0.1) is 16.7 Å². The van der Waals surface area contributed by atoms with Crippen molar-refractivity contribution in [3.8, 4) is 5.75 Å². The molecule has 5 nitrogen and oxygen atoms in total. The first-order valence-electron chi connectivity index (χ1n) is 8.43. The third-order valence-electron chi connectivity index (χ3n) is 4.41. The van der Waals surface area contributed by atoms with Crippen molar-refractivity contribution in [3.05, 3.63) is 53.9 Å². The van der Waals surface area contributed by atoms with Gasteiger partial charge >= 0.3 is 6.18 Å². The largest absolute Gasteiger partial charge is 0.489 e. The molecule has 0 unspecified atom stereocenters. The molecular formula is C18H19F3N2O3S. The zero-order chi connectivity index (χ0) is 19.7. The van der Waals surface area contributed by atoms with E-state index in [1.807, 2.05) is 19.1 Å². The van der Waals surface area contributed by atoms with E-state index in [-0.39, 0.29) is 24.1 Å². The highest BCUT2D eigenvalue weighted by Gasteiger charge is 2.33. The van der Waals surface area contributed by atoms with Crippen molar-refractivity contribution in [2.45, 2.75) is 36.9 Å². The molecule has 9 heteroatoms. The average Bonchev–Trinajstić information content (AvgIpc) is 2.63. The fourth-order valence-corrected chi connectivity index (χ4v) is 4.34. The summed E-state index contributed by atoms with van der Waals surface area (Å²) < 4.78 is 70.3. The fraction of sp³-hybridized carbons (Fsp3) is 0.389. The maximum atomic E-state index is 12.6. The topological polar surface area (TPSA) is 59.5 Å². The Morgan fingerprint density at radius 1 is 1.07 bits per heavy atom. The second kappa shape index (κ2) is 7.47. The molecule has 1 aliphatic rings. The molecular weight excluding hydrogens is 381 g/mol. The number of piperidine rings is 1. The van der Waals surface area contributed by atoms with Crippen molar-refractivity contribution in [1.82, 2.24) is 9.29 Å². The van der Waals surface area contributed by atoms with Gasteiger partial charge < -0.3 is 4.74 Å². The van der Waals surface area contributed by atoms with Crippen LogP contribution in [0.2, 0.25) is 0 Å². The predicted molar refractivity (Wildman–Crippen MR) is 92.8 cm³/mol. The van der Waals surface area contributed by atoms with E-state index in [0.717, 1.165) is 30.0 Å². The van der Waals surface area contributed by atoms with Gasteiger partial charge in [0, 0.05) is 18.8 Å². The lowest BCUT2D eigenvalue weighted by molar-refractivity contribution is -0.137. The number of pyridine rings is 1. The lowest BCUT2D eigenvalue weighted by atomic mass is 10.1. The minimum Gasteiger partial charge on any atom is -0.489 e. The van der Waals surface area contributed by atoms with E-state index in [1.54, 1.807) is 6.20 Å². The first-order chi connectivity index (χ1) is 12.7. The summed E-state index contributed by atoms with van der Waals surface area (Å²) in [7, 11) is -3.83. The normalized spacial score (nSPS) is 17.0. The Hall–Kier alpha value is -2.13.